The Hall–Kier alpha value is -2.21. The van der Waals surface area contributed by atoms with Gasteiger partial charge in [-0.15, -0.1) is 0 Å². The Balaban J connectivity index is 1.81. The molecule has 6 heteroatoms. The summed E-state index contributed by atoms with van der Waals surface area (Å²) in [6, 6.07) is 5.89. The van der Waals surface area contributed by atoms with E-state index in [0.717, 1.165) is 22.5 Å². The molecule has 2 aromatic rings. The third-order valence-corrected chi connectivity index (χ3v) is 4.46. The molecule has 0 aliphatic carbocycles. The summed E-state index contributed by atoms with van der Waals surface area (Å²) in [7, 11) is 0. The van der Waals surface area contributed by atoms with Crippen LogP contribution in [0.5, 0.6) is 0 Å². The SMILES string of the molecule is Cc1n[nH]c(C)c1CC(=O)N1CC(O)CC1c1ccc(F)cc1. The molecule has 1 aliphatic rings. The van der Waals surface area contributed by atoms with Gasteiger partial charge in [-0.2, -0.15) is 5.10 Å². The number of rotatable bonds is 3. The molecule has 1 fully saturated rings. The van der Waals surface area contributed by atoms with Crippen molar-refractivity contribution in [1.82, 2.24) is 15.1 Å². The van der Waals surface area contributed by atoms with Crippen molar-refractivity contribution in [2.24, 2.45) is 0 Å². The molecule has 2 unspecified atom stereocenters. The Bertz CT molecular complexity index is 692. The third kappa shape index (κ3) is 3.12. The van der Waals surface area contributed by atoms with Crippen LogP contribution in [-0.2, 0) is 11.2 Å². The fraction of sp³-hybridized carbons (Fsp3) is 0.412. The van der Waals surface area contributed by atoms with Crippen LogP contribution < -0.4 is 0 Å². The monoisotopic (exact) mass is 317 g/mol. The third-order valence-electron chi connectivity index (χ3n) is 4.46. The van der Waals surface area contributed by atoms with Gasteiger partial charge in [-0.1, -0.05) is 12.1 Å². The van der Waals surface area contributed by atoms with Crippen LogP contribution in [0.15, 0.2) is 24.3 Å². The Labute approximate surface area is 134 Å². The summed E-state index contributed by atoms with van der Waals surface area (Å²) in [5.41, 5.74) is 3.44. The fourth-order valence-electron chi connectivity index (χ4n) is 3.18. The van der Waals surface area contributed by atoms with E-state index in [1.165, 1.54) is 12.1 Å². The van der Waals surface area contributed by atoms with Crippen molar-refractivity contribution in [3.63, 3.8) is 0 Å². The number of β-amino-alcohol motifs (C(OH)–C–C–N with tert-alkyl or cyclic N) is 1. The number of aliphatic hydroxyl groups is 1. The molecule has 2 heterocycles. The number of aliphatic hydroxyl groups excluding tert-OH is 1. The Morgan fingerprint density at radius 2 is 2.09 bits per heavy atom. The van der Waals surface area contributed by atoms with E-state index in [9.17, 15) is 14.3 Å². The molecule has 1 saturated heterocycles. The van der Waals surface area contributed by atoms with Gasteiger partial charge in [0.25, 0.3) is 0 Å². The van der Waals surface area contributed by atoms with E-state index in [1.54, 1.807) is 17.0 Å². The van der Waals surface area contributed by atoms with Crippen LogP contribution in [0.25, 0.3) is 0 Å². The van der Waals surface area contributed by atoms with Gasteiger partial charge in [0.05, 0.1) is 24.3 Å². The van der Waals surface area contributed by atoms with E-state index in [1.807, 2.05) is 13.8 Å². The van der Waals surface area contributed by atoms with Crippen molar-refractivity contribution in [2.75, 3.05) is 6.54 Å². The summed E-state index contributed by atoms with van der Waals surface area (Å²) in [5, 5.41) is 17.0. The van der Waals surface area contributed by atoms with E-state index in [0.29, 0.717) is 13.0 Å². The maximum absolute atomic E-state index is 13.1. The maximum Gasteiger partial charge on any atom is 0.227 e. The van der Waals surface area contributed by atoms with Crippen LogP contribution in [0.2, 0.25) is 0 Å². The lowest BCUT2D eigenvalue weighted by Crippen LogP contribution is -2.33. The van der Waals surface area contributed by atoms with Gasteiger partial charge < -0.3 is 10.0 Å². The minimum atomic E-state index is -0.555. The van der Waals surface area contributed by atoms with Crippen LogP contribution in [0.3, 0.4) is 0 Å². The number of H-pyrrole nitrogens is 1. The van der Waals surface area contributed by atoms with Gasteiger partial charge in [-0.25, -0.2) is 4.39 Å². The highest BCUT2D eigenvalue weighted by Crippen LogP contribution is 2.33. The number of carbonyl (C=O) groups is 1. The molecule has 1 aromatic heterocycles. The first-order chi connectivity index (χ1) is 11.0. The number of nitrogens with one attached hydrogen (secondary N) is 1. The number of hydrogen-bond donors (Lipinski definition) is 2. The average Bonchev–Trinajstić information content (AvgIpc) is 3.05. The predicted octanol–water partition coefficient (Wildman–Crippen LogP) is 2.04. The van der Waals surface area contributed by atoms with Gasteiger partial charge in [0.1, 0.15) is 5.82 Å². The molecule has 0 bridgehead atoms. The highest BCUT2D eigenvalue weighted by Gasteiger charge is 2.35. The molecule has 0 spiro atoms. The molecule has 1 aliphatic heterocycles. The first-order valence-electron chi connectivity index (χ1n) is 7.69. The maximum atomic E-state index is 13.1. The number of aromatic nitrogens is 2. The van der Waals surface area contributed by atoms with Crippen LogP contribution in [0.4, 0.5) is 4.39 Å². The van der Waals surface area contributed by atoms with Crippen LogP contribution in [-0.4, -0.2) is 38.8 Å². The fourth-order valence-corrected chi connectivity index (χ4v) is 3.18. The summed E-state index contributed by atoms with van der Waals surface area (Å²) in [6.45, 7) is 4.05. The minimum absolute atomic E-state index is 0.0523. The molecule has 23 heavy (non-hydrogen) atoms. The quantitative estimate of drug-likeness (QED) is 0.910. The van der Waals surface area contributed by atoms with Crippen molar-refractivity contribution in [2.45, 2.75) is 38.8 Å². The topological polar surface area (TPSA) is 69.2 Å². The summed E-state index contributed by atoms with van der Waals surface area (Å²) < 4.78 is 13.1. The van der Waals surface area contributed by atoms with Gasteiger partial charge in [0.2, 0.25) is 5.91 Å². The van der Waals surface area contributed by atoms with E-state index in [-0.39, 0.29) is 24.2 Å². The molecule has 5 nitrogen and oxygen atoms in total. The largest absolute Gasteiger partial charge is 0.391 e. The van der Waals surface area contributed by atoms with Gasteiger partial charge in [0, 0.05) is 17.8 Å². The number of aryl methyl sites for hydroxylation is 2. The predicted molar refractivity (Wildman–Crippen MR) is 83.2 cm³/mol. The molecule has 2 atom stereocenters. The molecule has 3 rings (SSSR count). The number of nitrogens with zero attached hydrogens (tertiary/aromatic N) is 2. The summed E-state index contributed by atoms with van der Waals surface area (Å²) in [4.78, 5) is 14.4. The smallest absolute Gasteiger partial charge is 0.227 e. The number of likely N-dealkylation sites (tertiary alicyclic amines) is 1. The molecule has 0 saturated carbocycles. The lowest BCUT2D eigenvalue weighted by molar-refractivity contribution is -0.131. The van der Waals surface area contributed by atoms with E-state index in [4.69, 9.17) is 0 Å². The summed E-state index contributed by atoms with van der Waals surface area (Å²) in [6.07, 6.45) is 0.166. The molecular weight excluding hydrogens is 297 g/mol. The molecule has 122 valence electrons. The molecule has 1 aromatic carbocycles. The Kier molecular flexibility index (Phi) is 4.17. The molecular formula is C17H20FN3O2. The summed E-state index contributed by atoms with van der Waals surface area (Å²) in [5.74, 6) is -0.363. The van der Waals surface area contributed by atoms with Crippen molar-refractivity contribution in [3.8, 4) is 0 Å². The zero-order valence-electron chi connectivity index (χ0n) is 13.2. The Morgan fingerprint density at radius 1 is 1.39 bits per heavy atom. The second kappa shape index (κ2) is 6.12. The molecule has 0 radical (unpaired) electrons. The number of amides is 1. The molecule has 2 N–H and O–H groups in total. The van der Waals surface area contributed by atoms with Gasteiger partial charge in [0.15, 0.2) is 0 Å². The van der Waals surface area contributed by atoms with Crippen molar-refractivity contribution in [1.29, 1.82) is 0 Å². The van der Waals surface area contributed by atoms with Crippen molar-refractivity contribution >= 4 is 5.91 Å². The Morgan fingerprint density at radius 3 is 2.70 bits per heavy atom. The number of halogens is 1. The van der Waals surface area contributed by atoms with E-state index in [2.05, 4.69) is 10.2 Å². The number of hydrogen-bond acceptors (Lipinski definition) is 3. The first-order valence-corrected chi connectivity index (χ1v) is 7.69. The first kappa shape index (κ1) is 15.7. The van der Waals surface area contributed by atoms with Crippen LogP contribution in [0.1, 0.15) is 35.0 Å². The molecule has 1 amide bonds. The zero-order valence-corrected chi connectivity index (χ0v) is 13.2. The summed E-state index contributed by atoms with van der Waals surface area (Å²) >= 11 is 0. The second-order valence-electron chi connectivity index (χ2n) is 6.09. The zero-order chi connectivity index (χ0) is 16.6. The van der Waals surface area contributed by atoms with Crippen LogP contribution >= 0.6 is 0 Å². The van der Waals surface area contributed by atoms with Crippen molar-refractivity contribution < 1.29 is 14.3 Å². The second-order valence-corrected chi connectivity index (χ2v) is 6.09. The number of carbonyl (C=O) groups excluding carboxylic acids is 1. The normalized spacial score (nSPS) is 21.0. The lowest BCUT2D eigenvalue weighted by Gasteiger charge is -2.25. The van der Waals surface area contributed by atoms with E-state index < -0.39 is 6.10 Å². The minimum Gasteiger partial charge on any atom is -0.391 e. The van der Waals surface area contributed by atoms with Gasteiger partial charge >= 0.3 is 0 Å². The van der Waals surface area contributed by atoms with Crippen LogP contribution in [0, 0.1) is 19.7 Å². The number of benzene rings is 1. The van der Waals surface area contributed by atoms with Gasteiger partial charge in [-0.3, -0.25) is 9.89 Å². The highest BCUT2D eigenvalue weighted by atomic mass is 19.1. The lowest BCUT2D eigenvalue weighted by atomic mass is 10.0. The highest BCUT2D eigenvalue weighted by molar-refractivity contribution is 5.80. The van der Waals surface area contributed by atoms with Crippen molar-refractivity contribution in [3.05, 3.63) is 52.6 Å². The number of aromatic amines is 1. The van der Waals surface area contributed by atoms with Gasteiger partial charge in [-0.05, 0) is 38.0 Å². The van der Waals surface area contributed by atoms with E-state index >= 15 is 0 Å². The standard InChI is InChI=1S/C17H20FN3O2/c1-10-15(11(2)20-19-10)8-17(23)21-9-14(22)7-16(21)12-3-5-13(18)6-4-12/h3-6,14,16,22H,7-9H2,1-2H3,(H,19,20). The average molecular weight is 317 g/mol.